The SMILES string of the molecule is COC(=O)C1=C(C)NC(C)=C(C(=O)OCCOCCN2C(=O)c3ccccc3C2=O)C1c1cccc([N+](=O)[O-])c1. The molecule has 2 aliphatic rings. The van der Waals surface area contributed by atoms with Gasteiger partial charge in [0.2, 0.25) is 0 Å². The van der Waals surface area contributed by atoms with E-state index in [1.54, 1.807) is 44.2 Å². The van der Waals surface area contributed by atoms with E-state index in [9.17, 15) is 29.3 Å². The van der Waals surface area contributed by atoms with E-state index in [0.717, 1.165) is 4.90 Å². The molecule has 0 aliphatic carbocycles. The van der Waals surface area contributed by atoms with Crippen molar-refractivity contribution in [1.29, 1.82) is 0 Å². The molecule has 1 unspecified atom stereocenters. The number of hydrogen-bond donors (Lipinski definition) is 1. The molecule has 0 fully saturated rings. The minimum Gasteiger partial charge on any atom is -0.466 e. The number of methoxy groups -OCH3 is 1. The molecule has 4 rings (SSSR count). The predicted octanol–water partition coefficient (Wildman–Crippen LogP) is 2.86. The molecule has 0 bridgehead atoms. The van der Waals surface area contributed by atoms with Crippen LogP contribution in [-0.2, 0) is 23.8 Å². The van der Waals surface area contributed by atoms with E-state index in [1.807, 2.05) is 0 Å². The fraction of sp³-hybridized carbons (Fsp3) is 0.286. The number of nitro benzene ring substituents is 1. The first-order valence-corrected chi connectivity index (χ1v) is 12.4. The number of rotatable bonds is 10. The van der Waals surface area contributed by atoms with Gasteiger partial charge in [0.05, 0.1) is 60.0 Å². The summed E-state index contributed by atoms with van der Waals surface area (Å²) in [5.74, 6) is -3.20. The summed E-state index contributed by atoms with van der Waals surface area (Å²) in [6, 6.07) is 12.2. The van der Waals surface area contributed by atoms with Crippen molar-refractivity contribution in [1.82, 2.24) is 10.2 Å². The van der Waals surface area contributed by atoms with Crippen LogP contribution in [0.3, 0.4) is 0 Å². The summed E-state index contributed by atoms with van der Waals surface area (Å²) < 4.78 is 15.9. The second-order valence-corrected chi connectivity index (χ2v) is 9.03. The van der Waals surface area contributed by atoms with Gasteiger partial charge in [0.15, 0.2) is 0 Å². The van der Waals surface area contributed by atoms with E-state index in [4.69, 9.17) is 14.2 Å². The van der Waals surface area contributed by atoms with Crippen LogP contribution in [0, 0.1) is 10.1 Å². The lowest BCUT2D eigenvalue weighted by atomic mass is 9.80. The van der Waals surface area contributed by atoms with E-state index < -0.39 is 22.8 Å². The first-order chi connectivity index (χ1) is 19.1. The van der Waals surface area contributed by atoms with Crippen molar-refractivity contribution >= 4 is 29.4 Å². The summed E-state index contributed by atoms with van der Waals surface area (Å²) in [6.07, 6.45) is 0. The maximum Gasteiger partial charge on any atom is 0.336 e. The third-order valence-corrected chi connectivity index (χ3v) is 6.60. The summed E-state index contributed by atoms with van der Waals surface area (Å²) in [5, 5.41) is 14.4. The molecule has 0 aromatic heterocycles. The molecule has 0 spiro atoms. The van der Waals surface area contributed by atoms with Crippen LogP contribution in [-0.4, -0.2) is 67.1 Å². The van der Waals surface area contributed by atoms with Gasteiger partial charge in [0, 0.05) is 23.5 Å². The number of amides is 2. The minimum atomic E-state index is -0.976. The zero-order valence-electron chi connectivity index (χ0n) is 22.1. The number of carbonyl (C=O) groups is 4. The minimum absolute atomic E-state index is 0.0190. The molecular formula is C28H27N3O9. The molecule has 2 heterocycles. The van der Waals surface area contributed by atoms with E-state index in [0.29, 0.717) is 28.1 Å². The van der Waals surface area contributed by atoms with Crippen molar-refractivity contribution in [3.05, 3.63) is 97.9 Å². The van der Waals surface area contributed by atoms with Gasteiger partial charge in [-0.15, -0.1) is 0 Å². The molecular weight excluding hydrogens is 522 g/mol. The molecule has 40 heavy (non-hydrogen) atoms. The second kappa shape index (κ2) is 11.9. The molecule has 208 valence electrons. The molecule has 12 nitrogen and oxygen atoms in total. The third kappa shape index (κ3) is 5.47. The van der Waals surface area contributed by atoms with Crippen molar-refractivity contribution < 1.29 is 38.3 Å². The quantitative estimate of drug-likeness (QED) is 0.154. The summed E-state index contributed by atoms with van der Waals surface area (Å²) in [6.45, 7) is 3.18. The van der Waals surface area contributed by atoms with Crippen molar-refractivity contribution in [2.24, 2.45) is 0 Å². The Bertz CT molecular complexity index is 1430. The van der Waals surface area contributed by atoms with Crippen LogP contribution in [0.25, 0.3) is 0 Å². The Labute approximate surface area is 229 Å². The Hall–Kier alpha value is -4.84. The Balaban J connectivity index is 1.41. The highest BCUT2D eigenvalue weighted by atomic mass is 16.6. The lowest BCUT2D eigenvalue weighted by Crippen LogP contribution is -2.33. The fourth-order valence-corrected chi connectivity index (χ4v) is 4.77. The van der Waals surface area contributed by atoms with Gasteiger partial charge in [-0.05, 0) is 31.5 Å². The van der Waals surface area contributed by atoms with Crippen molar-refractivity contribution in [2.45, 2.75) is 19.8 Å². The number of benzene rings is 2. The van der Waals surface area contributed by atoms with Gasteiger partial charge < -0.3 is 19.5 Å². The van der Waals surface area contributed by atoms with Crippen LogP contribution >= 0.6 is 0 Å². The fourth-order valence-electron chi connectivity index (χ4n) is 4.77. The molecule has 2 aromatic rings. The van der Waals surface area contributed by atoms with Gasteiger partial charge in [-0.2, -0.15) is 0 Å². The second-order valence-electron chi connectivity index (χ2n) is 9.03. The zero-order chi connectivity index (χ0) is 29.0. The van der Waals surface area contributed by atoms with Crippen LogP contribution in [0.15, 0.2) is 71.1 Å². The molecule has 1 atom stereocenters. The molecule has 1 N–H and O–H groups in total. The van der Waals surface area contributed by atoms with Crippen LogP contribution < -0.4 is 5.32 Å². The third-order valence-electron chi connectivity index (χ3n) is 6.60. The first kappa shape index (κ1) is 28.2. The number of esters is 2. The zero-order valence-corrected chi connectivity index (χ0v) is 22.1. The standard InChI is InChI=1S/C28H27N3O9/c1-16-22(27(34)38-3)24(18-7-6-8-19(15-18)31(36)37)23(17(2)29-16)28(35)40-14-13-39-12-11-30-25(32)20-9-4-5-10-21(20)26(30)33/h4-10,15,24,29H,11-14H2,1-3H3. The highest BCUT2D eigenvalue weighted by molar-refractivity contribution is 6.21. The normalized spacial score (nSPS) is 16.6. The molecule has 2 aliphatic heterocycles. The topological polar surface area (TPSA) is 154 Å². The average Bonchev–Trinajstić information content (AvgIpc) is 3.18. The van der Waals surface area contributed by atoms with Crippen LogP contribution in [0.4, 0.5) is 5.69 Å². The summed E-state index contributed by atoms with van der Waals surface area (Å²) in [7, 11) is 1.20. The van der Waals surface area contributed by atoms with Gasteiger partial charge in [0.25, 0.3) is 17.5 Å². The average molecular weight is 550 g/mol. The number of ether oxygens (including phenoxy) is 3. The number of hydrogen-bond acceptors (Lipinski definition) is 10. The van der Waals surface area contributed by atoms with E-state index in [2.05, 4.69) is 5.32 Å². The molecule has 2 aromatic carbocycles. The van der Waals surface area contributed by atoms with Crippen molar-refractivity contribution in [3.8, 4) is 0 Å². The lowest BCUT2D eigenvalue weighted by molar-refractivity contribution is -0.384. The molecule has 2 amide bonds. The number of allylic oxidation sites excluding steroid dienone is 2. The van der Waals surface area contributed by atoms with E-state index in [-0.39, 0.29) is 55.0 Å². The maximum absolute atomic E-state index is 13.2. The smallest absolute Gasteiger partial charge is 0.336 e. The first-order valence-electron chi connectivity index (χ1n) is 12.4. The summed E-state index contributed by atoms with van der Waals surface area (Å²) in [5.41, 5.74) is 1.91. The molecule has 12 heteroatoms. The number of fused-ring (bicyclic) bond motifs is 1. The van der Waals surface area contributed by atoms with Crippen molar-refractivity contribution in [2.75, 3.05) is 33.5 Å². The lowest BCUT2D eigenvalue weighted by Gasteiger charge is -2.30. The highest BCUT2D eigenvalue weighted by Crippen LogP contribution is 2.40. The van der Waals surface area contributed by atoms with Crippen LogP contribution in [0.2, 0.25) is 0 Å². The van der Waals surface area contributed by atoms with E-state index in [1.165, 1.54) is 25.3 Å². The highest BCUT2D eigenvalue weighted by Gasteiger charge is 2.38. The Morgan fingerprint density at radius 1 is 0.925 bits per heavy atom. The van der Waals surface area contributed by atoms with Crippen LogP contribution in [0.1, 0.15) is 46.0 Å². The largest absolute Gasteiger partial charge is 0.466 e. The van der Waals surface area contributed by atoms with Crippen molar-refractivity contribution in [3.63, 3.8) is 0 Å². The Morgan fingerprint density at radius 2 is 1.55 bits per heavy atom. The number of non-ortho nitro benzene ring substituents is 1. The monoisotopic (exact) mass is 549 g/mol. The molecule has 0 radical (unpaired) electrons. The molecule has 0 saturated heterocycles. The maximum atomic E-state index is 13.2. The van der Waals surface area contributed by atoms with Gasteiger partial charge in [-0.1, -0.05) is 24.3 Å². The number of nitrogens with zero attached hydrogens (tertiary/aromatic N) is 2. The number of carbonyl (C=O) groups excluding carboxylic acids is 4. The van der Waals surface area contributed by atoms with Crippen LogP contribution in [0.5, 0.6) is 0 Å². The Morgan fingerprint density at radius 3 is 2.15 bits per heavy atom. The van der Waals surface area contributed by atoms with Gasteiger partial charge in [0.1, 0.15) is 6.61 Å². The number of dihydropyridines is 1. The summed E-state index contributed by atoms with van der Waals surface area (Å²) in [4.78, 5) is 62.8. The van der Waals surface area contributed by atoms with E-state index >= 15 is 0 Å². The van der Waals surface area contributed by atoms with Gasteiger partial charge >= 0.3 is 11.9 Å². The van der Waals surface area contributed by atoms with Gasteiger partial charge in [-0.25, -0.2) is 9.59 Å². The Kier molecular flexibility index (Phi) is 8.39. The predicted molar refractivity (Wildman–Crippen MR) is 140 cm³/mol. The number of nitro groups is 1. The van der Waals surface area contributed by atoms with Gasteiger partial charge in [-0.3, -0.25) is 24.6 Å². The number of imide groups is 1. The number of nitrogens with one attached hydrogen (secondary N) is 1. The summed E-state index contributed by atoms with van der Waals surface area (Å²) >= 11 is 0. The molecule has 0 saturated carbocycles.